The van der Waals surface area contributed by atoms with E-state index in [1.165, 1.54) is 0 Å². The zero-order chi connectivity index (χ0) is 10.0. The number of hydrogen-bond donors (Lipinski definition) is 1. The van der Waals surface area contributed by atoms with Crippen molar-refractivity contribution < 1.29 is 0 Å². The van der Waals surface area contributed by atoms with Gasteiger partial charge in [-0.3, -0.25) is 4.79 Å². The Morgan fingerprint density at radius 3 is 2.31 bits per heavy atom. The number of hydrogen-bond acceptors (Lipinski definition) is 2. The van der Waals surface area contributed by atoms with Crippen LogP contribution < -0.4 is 11.3 Å². The van der Waals surface area contributed by atoms with Crippen LogP contribution in [0.15, 0.2) is 23.0 Å². The molecule has 1 aromatic heterocycles. The van der Waals surface area contributed by atoms with Gasteiger partial charge in [0.25, 0.3) is 5.56 Å². The van der Waals surface area contributed by atoms with Gasteiger partial charge >= 0.3 is 0 Å². The van der Waals surface area contributed by atoms with Crippen LogP contribution in [0.4, 0.5) is 0 Å². The molecule has 1 aromatic rings. The molecule has 0 radical (unpaired) electrons. The molecule has 0 spiro atoms. The van der Waals surface area contributed by atoms with Crippen LogP contribution in [-0.2, 0) is 0 Å². The van der Waals surface area contributed by atoms with Crippen LogP contribution in [0.2, 0.25) is 0 Å². The Bertz CT molecular complexity index is 339. The highest BCUT2D eigenvalue weighted by atomic mass is 16.1. The summed E-state index contributed by atoms with van der Waals surface area (Å²) in [4.78, 5) is 11.5. The fourth-order valence-corrected chi connectivity index (χ4v) is 1.44. The molecule has 2 N–H and O–H groups in total. The van der Waals surface area contributed by atoms with Gasteiger partial charge < -0.3 is 10.3 Å². The molecule has 0 amide bonds. The van der Waals surface area contributed by atoms with Crippen LogP contribution >= 0.6 is 0 Å². The maximum atomic E-state index is 11.5. The zero-order valence-electron chi connectivity index (χ0n) is 8.32. The van der Waals surface area contributed by atoms with E-state index in [0.717, 1.165) is 5.69 Å². The van der Waals surface area contributed by atoms with Crippen molar-refractivity contribution in [2.24, 2.45) is 5.73 Å². The lowest BCUT2D eigenvalue weighted by atomic mass is 10.2. The first-order valence-electron chi connectivity index (χ1n) is 4.51. The first-order chi connectivity index (χ1) is 6.04. The Balaban J connectivity index is 3.35. The average molecular weight is 180 g/mol. The molecule has 3 heteroatoms. The van der Waals surface area contributed by atoms with Gasteiger partial charge in [-0.25, -0.2) is 0 Å². The minimum absolute atomic E-state index is 0.0183. The van der Waals surface area contributed by atoms with Crippen LogP contribution in [0.1, 0.15) is 38.5 Å². The van der Waals surface area contributed by atoms with Gasteiger partial charge in [0.1, 0.15) is 0 Å². The molecule has 1 atom stereocenters. The van der Waals surface area contributed by atoms with Crippen molar-refractivity contribution in [2.75, 3.05) is 0 Å². The van der Waals surface area contributed by atoms with E-state index >= 15 is 0 Å². The van der Waals surface area contributed by atoms with Crippen molar-refractivity contribution in [3.05, 3.63) is 34.2 Å². The zero-order valence-corrected chi connectivity index (χ0v) is 8.32. The highest BCUT2D eigenvalue weighted by molar-refractivity contribution is 5.10. The van der Waals surface area contributed by atoms with Gasteiger partial charge in [0.15, 0.2) is 0 Å². The van der Waals surface area contributed by atoms with E-state index in [1.54, 1.807) is 16.7 Å². The van der Waals surface area contributed by atoms with Crippen molar-refractivity contribution in [3.63, 3.8) is 0 Å². The second-order valence-corrected chi connectivity index (χ2v) is 3.54. The summed E-state index contributed by atoms with van der Waals surface area (Å²) in [5.74, 6) is 0. The Morgan fingerprint density at radius 1 is 1.31 bits per heavy atom. The van der Waals surface area contributed by atoms with E-state index < -0.39 is 0 Å². The van der Waals surface area contributed by atoms with Crippen LogP contribution in [0.5, 0.6) is 0 Å². The third-order valence-electron chi connectivity index (χ3n) is 2.00. The predicted molar refractivity (Wildman–Crippen MR) is 53.7 cm³/mol. The van der Waals surface area contributed by atoms with Gasteiger partial charge in [0, 0.05) is 23.8 Å². The minimum atomic E-state index is -0.101. The number of nitrogens with two attached hydrogens (primary N) is 1. The first kappa shape index (κ1) is 9.99. The smallest absolute Gasteiger partial charge is 0.251 e. The van der Waals surface area contributed by atoms with Gasteiger partial charge in [-0.15, -0.1) is 0 Å². The van der Waals surface area contributed by atoms with E-state index in [4.69, 9.17) is 5.73 Å². The Hall–Kier alpha value is -1.09. The Morgan fingerprint density at radius 2 is 1.92 bits per heavy atom. The summed E-state index contributed by atoms with van der Waals surface area (Å²) >= 11 is 0. The van der Waals surface area contributed by atoms with E-state index in [1.807, 2.05) is 26.8 Å². The molecule has 1 unspecified atom stereocenters. The molecule has 0 aliphatic rings. The topological polar surface area (TPSA) is 48.0 Å². The van der Waals surface area contributed by atoms with Crippen LogP contribution in [-0.4, -0.2) is 4.57 Å². The fraction of sp³-hybridized carbons (Fsp3) is 0.500. The SMILES string of the molecule is CC(N)c1cccc(=O)n1C(C)C. The first-order valence-corrected chi connectivity index (χ1v) is 4.51. The second-order valence-electron chi connectivity index (χ2n) is 3.54. The molecule has 0 saturated carbocycles. The summed E-state index contributed by atoms with van der Waals surface area (Å²) in [7, 11) is 0. The molecule has 1 heterocycles. The predicted octanol–water partition coefficient (Wildman–Crippen LogP) is 1.45. The van der Waals surface area contributed by atoms with Crippen LogP contribution in [0.25, 0.3) is 0 Å². The molecule has 3 nitrogen and oxygen atoms in total. The van der Waals surface area contributed by atoms with Crippen molar-refractivity contribution in [3.8, 4) is 0 Å². The van der Waals surface area contributed by atoms with Crippen molar-refractivity contribution in [1.82, 2.24) is 4.57 Å². The molecule has 0 bridgehead atoms. The summed E-state index contributed by atoms with van der Waals surface area (Å²) in [6, 6.07) is 5.27. The number of pyridine rings is 1. The summed E-state index contributed by atoms with van der Waals surface area (Å²) < 4.78 is 1.73. The second kappa shape index (κ2) is 3.75. The molecule has 13 heavy (non-hydrogen) atoms. The molecule has 0 aliphatic heterocycles. The van der Waals surface area contributed by atoms with Gasteiger partial charge in [-0.05, 0) is 26.8 Å². The summed E-state index contributed by atoms with van der Waals surface area (Å²) in [5.41, 5.74) is 6.67. The molecule has 0 fully saturated rings. The van der Waals surface area contributed by atoms with Gasteiger partial charge in [0.2, 0.25) is 0 Å². The van der Waals surface area contributed by atoms with E-state index in [9.17, 15) is 4.79 Å². The number of nitrogens with zero attached hydrogens (tertiary/aromatic N) is 1. The van der Waals surface area contributed by atoms with E-state index in [0.29, 0.717) is 0 Å². The summed E-state index contributed by atoms with van der Waals surface area (Å²) in [6.45, 7) is 5.84. The Kier molecular flexibility index (Phi) is 2.88. The fourth-order valence-electron chi connectivity index (χ4n) is 1.44. The molecule has 0 aliphatic carbocycles. The minimum Gasteiger partial charge on any atom is -0.323 e. The Labute approximate surface area is 78.2 Å². The number of rotatable bonds is 2. The number of aromatic nitrogens is 1. The largest absolute Gasteiger partial charge is 0.323 e. The van der Waals surface area contributed by atoms with Gasteiger partial charge in [0.05, 0.1) is 0 Å². The molecular weight excluding hydrogens is 164 g/mol. The van der Waals surface area contributed by atoms with Gasteiger partial charge in [-0.2, -0.15) is 0 Å². The van der Waals surface area contributed by atoms with Crippen LogP contribution in [0, 0.1) is 0 Å². The van der Waals surface area contributed by atoms with E-state index in [-0.39, 0.29) is 17.6 Å². The third-order valence-corrected chi connectivity index (χ3v) is 2.00. The van der Waals surface area contributed by atoms with Crippen LogP contribution in [0.3, 0.4) is 0 Å². The maximum Gasteiger partial charge on any atom is 0.251 e. The molecular formula is C10H16N2O. The quantitative estimate of drug-likeness (QED) is 0.748. The molecule has 0 aromatic carbocycles. The lowest BCUT2D eigenvalue weighted by Gasteiger charge is -2.17. The van der Waals surface area contributed by atoms with Crippen molar-refractivity contribution in [2.45, 2.75) is 32.9 Å². The average Bonchev–Trinajstić information content (AvgIpc) is 2.02. The lowest BCUT2D eigenvalue weighted by Crippen LogP contribution is -2.27. The summed E-state index contributed by atoms with van der Waals surface area (Å²) in [5, 5.41) is 0. The maximum absolute atomic E-state index is 11.5. The lowest BCUT2D eigenvalue weighted by molar-refractivity contribution is 0.530. The molecule has 0 saturated heterocycles. The molecule has 1 rings (SSSR count). The third kappa shape index (κ3) is 1.98. The van der Waals surface area contributed by atoms with Crippen molar-refractivity contribution in [1.29, 1.82) is 0 Å². The van der Waals surface area contributed by atoms with E-state index in [2.05, 4.69) is 0 Å². The highest BCUT2D eigenvalue weighted by Crippen LogP contribution is 2.11. The van der Waals surface area contributed by atoms with Gasteiger partial charge in [-0.1, -0.05) is 6.07 Å². The molecule has 72 valence electrons. The normalized spacial score (nSPS) is 13.3. The standard InChI is InChI=1S/C10H16N2O/c1-7(2)12-9(8(3)11)5-4-6-10(12)13/h4-8H,11H2,1-3H3. The monoisotopic (exact) mass is 180 g/mol. The highest BCUT2D eigenvalue weighted by Gasteiger charge is 2.09. The van der Waals surface area contributed by atoms with Crippen molar-refractivity contribution >= 4 is 0 Å². The summed E-state index contributed by atoms with van der Waals surface area (Å²) in [6.07, 6.45) is 0.